The van der Waals surface area contributed by atoms with E-state index in [1.807, 2.05) is 0 Å². The molecule has 0 saturated heterocycles. The maximum atomic E-state index is 8.47. The molecule has 0 heterocycles. The van der Waals surface area contributed by atoms with E-state index in [9.17, 15) is 0 Å². The molecule has 0 saturated carbocycles. The van der Waals surface area contributed by atoms with Crippen molar-refractivity contribution < 1.29 is 58.9 Å². The molecule has 0 rings (SSSR count). The molecule has 7 nitrogen and oxygen atoms in total. The zero-order valence-corrected chi connectivity index (χ0v) is 10.7. The average Bonchev–Trinajstić information content (AvgIpc) is 1.39. The molecule has 0 aliphatic rings. The normalized spacial score (nSPS) is 3.00. The zero-order valence-electron chi connectivity index (χ0n) is 5.05. The predicted octanol–water partition coefficient (Wildman–Crippen LogP) is -7.22. The molecule has 0 radical (unpaired) electrons. The van der Waals surface area contributed by atoms with E-state index >= 15 is 0 Å². The third kappa shape index (κ3) is 1050. The van der Waals surface area contributed by atoms with E-state index in [-0.39, 0.29) is 58.2 Å². The van der Waals surface area contributed by atoms with E-state index < -0.39 is 16.0 Å². The Balaban J connectivity index is -0.00000000400. The molecule has 0 spiro atoms. The van der Waals surface area contributed by atoms with Gasteiger partial charge in [-0.2, -0.15) is 0 Å². The van der Waals surface area contributed by atoms with E-state index in [2.05, 4.69) is 0 Å². The fraction of sp³-hybridized carbons (Fsp3) is 0. The van der Waals surface area contributed by atoms with Gasteiger partial charge in [-0.1, -0.05) is 0 Å². The maximum absolute atomic E-state index is 8.47. The molecule has 0 aliphatic carbocycles. The quantitative estimate of drug-likeness (QED) is 0.187. The Morgan fingerprint density at radius 1 is 1.27 bits per heavy atom. The van der Waals surface area contributed by atoms with Gasteiger partial charge in [0.05, 0.1) is 0 Å². The van der Waals surface area contributed by atoms with Gasteiger partial charge in [0.2, 0.25) is 0 Å². The molecule has 0 bridgehead atoms. The summed E-state index contributed by atoms with van der Waals surface area (Å²) in [6.45, 7) is 0. The van der Waals surface area contributed by atoms with Crippen LogP contribution in [0.1, 0.15) is 0 Å². The van der Waals surface area contributed by atoms with Crippen molar-refractivity contribution >= 4 is 16.0 Å². The van der Waals surface area contributed by atoms with Gasteiger partial charge in [-0.25, -0.2) is 0 Å². The van der Waals surface area contributed by atoms with Crippen molar-refractivity contribution in [1.82, 2.24) is 12.3 Å². The van der Waals surface area contributed by atoms with E-state index in [4.69, 9.17) is 17.9 Å². The van der Waals surface area contributed by atoms with Gasteiger partial charge in [-0.15, -0.1) is 4.91 Å². The fourth-order valence-electron chi connectivity index (χ4n) is 0. The Hall–Kier alpha value is 0.907. The zero-order chi connectivity index (χ0) is 5.41. The first-order valence-electron chi connectivity index (χ1n) is 0.748. The van der Waals surface area contributed by atoms with Crippen LogP contribution in [0.4, 0.5) is 0 Å². The van der Waals surface area contributed by atoms with Gasteiger partial charge < -0.3 is 42.3 Å². The van der Waals surface area contributed by atoms with Gasteiger partial charge in [0, 0.05) is 0 Å². The largest absolute Gasteiger partial charge is 4.00 e. The van der Waals surface area contributed by atoms with Crippen LogP contribution in [0.15, 0.2) is 5.34 Å². The number of hydrogen-bond acceptors (Lipinski definition) is 6. The van der Waals surface area contributed by atoms with Crippen molar-refractivity contribution in [2.75, 3.05) is 0 Å². The van der Waals surface area contributed by atoms with Gasteiger partial charge in [-0.05, 0) is 0 Å². The topological polar surface area (TPSA) is 160 Å². The van der Waals surface area contributed by atoms with E-state index in [1.54, 1.807) is 0 Å². The summed E-state index contributed by atoms with van der Waals surface area (Å²) in [7, 11) is 0. The minimum atomic E-state index is -1.81. The summed E-state index contributed by atoms with van der Waals surface area (Å²) in [4.78, 5) is 8.11. The van der Waals surface area contributed by atoms with Gasteiger partial charge in [-0.3, -0.25) is 0 Å². The molecule has 0 amide bonds. The van der Waals surface area contributed by atoms with Crippen LogP contribution < -0.4 is 41.2 Å². The molecule has 0 unspecified atom stereocenters. The number of halogens is 2. The third-order valence-electron chi connectivity index (χ3n) is 0. The molecule has 11 heavy (non-hydrogen) atoms. The molecular weight excluding hydrogens is 447 g/mol. The Labute approximate surface area is 97.1 Å². The molecule has 0 atom stereocenters. The second kappa shape index (κ2) is 127. The van der Waals surface area contributed by atoms with Crippen molar-refractivity contribution in [3.05, 3.63) is 4.91 Å². The van der Waals surface area contributed by atoms with Gasteiger partial charge in [0.15, 0.2) is 5.34 Å². The van der Waals surface area contributed by atoms with Crippen LogP contribution in [0.2, 0.25) is 0 Å². The molecule has 0 aromatic rings. The van der Waals surface area contributed by atoms with Crippen molar-refractivity contribution in [1.29, 1.82) is 0 Å². The Morgan fingerprint density at radius 3 is 1.27 bits per heavy atom. The Morgan fingerprint density at radius 2 is 1.27 bits per heavy atom. The first-order chi connectivity index (χ1) is 2.83. The van der Waals surface area contributed by atoms with Crippen LogP contribution in [0.5, 0.6) is 0 Å². The molecule has 0 aromatic heterocycles. The summed E-state index contributed by atoms with van der Waals surface area (Å²) in [5.41, 5.74) is 0. The molecule has 11 heteroatoms. The van der Waals surface area contributed by atoms with Crippen LogP contribution in [0.3, 0.4) is 0 Å². The molecule has 0 aromatic carbocycles. The number of hydrogen-bond donors (Lipinski definition) is 3. The molecular formula is H7AsCl2N3O4Pt+. The smallest absolute Gasteiger partial charge is 1.00 e. The van der Waals surface area contributed by atoms with Crippen LogP contribution in [0, 0.1) is 4.91 Å². The summed E-state index contributed by atoms with van der Waals surface area (Å²) in [5.74, 6) is 0. The summed E-state index contributed by atoms with van der Waals surface area (Å²) in [6, 6.07) is 0. The van der Waals surface area contributed by atoms with E-state index in [1.165, 1.54) is 5.34 Å². The minimum absolute atomic E-state index is 0. The van der Waals surface area contributed by atoms with Gasteiger partial charge in [0.1, 0.15) is 0 Å². The van der Waals surface area contributed by atoms with Crippen molar-refractivity contribution in [2.45, 2.75) is 0 Å². The maximum Gasteiger partial charge on any atom is 4.00 e. The van der Waals surface area contributed by atoms with Crippen molar-refractivity contribution in [3.63, 3.8) is 0 Å². The van der Waals surface area contributed by atoms with E-state index in [0.717, 1.165) is 0 Å². The molecule has 74 valence electrons. The fourth-order valence-corrected chi connectivity index (χ4v) is 0. The van der Waals surface area contributed by atoms with Crippen LogP contribution >= 0.6 is 0 Å². The third-order valence-corrected chi connectivity index (χ3v) is 0. The second-order valence-corrected chi connectivity index (χ2v) is 0.469. The average molecular weight is 454 g/mol. The standard InChI is InChI=1S/AsHO2.2ClH.HNO2.2H3N.Pt/c2-1-3;;;2-1-3;;;/h(H,2,3);2*1H;(H,2,3);2*1H3;/q;;;;;;+4/p-3. The first-order valence-corrected chi connectivity index (χ1v) is 2.28. The van der Waals surface area contributed by atoms with Crippen LogP contribution in [-0.2, 0) is 24.8 Å². The molecule has 7 N–H and O–H groups in total. The predicted molar refractivity (Wildman–Crippen MR) is 24.1 cm³/mol. The molecule has 0 fully saturated rings. The number of rotatable bonds is 0. The monoisotopic (exact) mass is 453 g/mol. The van der Waals surface area contributed by atoms with Crippen LogP contribution in [-0.4, -0.2) is 21.2 Å². The number of nitrogens with zero attached hydrogens (tertiary/aromatic N) is 1. The summed E-state index contributed by atoms with van der Waals surface area (Å²) >= 11 is -1.81. The second-order valence-electron chi connectivity index (χ2n) is 0.156. The van der Waals surface area contributed by atoms with Gasteiger partial charge >= 0.3 is 44.9 Å². The van der Waals surface area contributed by atoms with Crippen molar-refractivity contribution in [2.24, 2.45) is 5.34 Å². The van der Waals surface area contributed by atoms with Crippen LogP contribution in [0.25, 0.3) is 0 Å². The Kier molecular flexibility index (Phi) is 678. The summed E-state index contributed by atoms with van der Waals surface area (Å²) < 4.78 is 16.9. The SMILES string of the molecule is N.N.O=NO.O=[As][O-].[Cl-].[Cl-].[Pt+4]. The minimum Gasteiger partial charge on any atom is -1.00 e. The molecule has 0 aliphatic heterocycles. The summed E-state index contributed by atoms with van der Waals surface area (Å²) in [5, 5.41) is 7.89. The summed E-state index contributed by atoms with van der Waals surface area (Å²) in [6.07, 6.45) is 0. The first kappa shape index (κ1) is 58.8. The van der Waals surface area contributed by atoms with Crippen molar-refractivity contribution in [3.8, 4) is 0 Å². The Bertz CT molecular complexity index is 44.3. The van der Waals surface area contributed by atoms with E-state index in [0.29, 0.717) is 0 Å². The van der Waals surface area contributed by atoms with Gasteiger partial charge in [0.25, 0.3) is 0 Å².